The summed E-state index contributed by atoms with van der Waals surface area (Å²) in [4.78, 5) is 28.1. The fourth-order valence-corrected chi connectivity index (χ4v) is 5.19. The largest absolute Gasteiger partial charge is 0.336 e. The minimum Gasteiger partial charge on any atom is -0.336 e. The number of pyridine rings is 3. The molecule has 38 heavy (non-hydrogen) atoms. The fraction of sp³-hybridized carbons (Fsp3) is 0.259. The molecule has 6 aromatic rings. The fourth-order valence-electron chi connectivity index (χ4n) is 5.19. The van der Waals surface area contributed by atoms with Crippen molar-refractivity contribution in [2.45, 2.75) is 32.7 Å². The number of halogens is 1. The first-order chi connectivity index (χ1) is 18.6. The monoisotopic (exact) mass is 508 g/mol. The number of hydrogen-bond acceptors (Lipinski definition) is 7. The summed E-state index contributed by atoms with van der Waals surface area (Å²) in [6.07, 6.45) is 14.0. The van der Waals surface area contributed by atoms with E-state index in [-0.39, 0.29) is 11.0 Å². The lowest BCUT2D eigenvalue weighted by Crippen LogP contribution is -2.29. The van der Waals surface area contributed by atoms with E-state index < -0.39 is 5.82 Å². The van der Waals surface area contributed by atoms with Gasteiger partial charge in [0.25, 0.3) is 0 Å². The van der Waals surface area contributed by atoms with E-state index in [4.69, 9.17) is 4.98 Å². The number of H-pyrrole nitrogens is 2. The second-order valence-electron chi connectivity index (χ2n) is 9.74. The van der Waals surface area contributed by atoms with Gasteiger partial charge in [-0.3, -0.25) is 19.5 Å². The van der Waals surface area contributed by atoms with E-state index in [0.29, 0.717) is 34.0 Å². The van der Waals surface area contributed by atoms with Crippen molar-refractivity contribution >= 4 is 22.1 Å². The number of piperidine rings is 1. The minimum atomic E-state index is -0.417. The van der Waals surface area contributed by atoms with E-state index in [2.05, 4.69) is 40.0 Å². The molecule has 7 rings (SSSR count). The summed E-state index contributed by atoms with van der Waals surface area (Å²) in [5.41, 5.74) is 5.10. The van der Waals surface area contributed by atoms with Crippen molar-refractivity contribution in [2.75, 3.05) is 13.1 Å². The number of aromatic amines is 2. The zero-order valence-corrected chi connectivity index (χ0v) is 20.8. The van der Waals surface area contributed by atoms with Crippen LogP contribution < -0.4 is 0 Å². The molecular formula is C27H25FN10. The predicted octanol–water partition coefficient (Wildman–Crippen LogP) is 4.58. The van der Waals surface area contributed by atoms with Crippen molar-refractivity contribution in [1.82, 2.24) is 49.6 Å². The Kier molecular flexibility index (Phi) is 5.43. The zero-order chi connectivity index (χ0) is 25.6. The molecule has 1 aliphatic heterocycles. The maximum atomic E-state index is 16.1. The van der Waals surface area contributed by atoms with Crippen LogP contribution in [0.1, 0.15) is 30.5 Å². The molecule has 0 atom stereocenters. The molecule has 11 heteroatoms. The number of likely N-dealkylation sites (tertiary alicyclic amines) is 1. The van der Waals surface area contributed by atoms with Gasteiger partial charge in [0.2, 0.25) is 0 Å². The number of hydrogen-bond donors (Lipinski definition) is 2. The average Bonchev–Trinajstić information content (AvgIpc) is 3.67. The van der Waals surface area contributed by atoms with Gasteiger partial charge in [-0.25, -0.2) is 24.3 Å². The molecule has 6 aromatic heterocycles. The number of nitrogens with one attached hydrogen (secondary N) is 2. The van der Waals surface area contributed by atoms with Crippen LogP contribution in [0, 0.1) is 12.7 Å². The number of imidazole rings is 2. The van der Waals surface area contributed by atoms with E-state index in [1.54, 1.807) is 18.7 Å². The smallest absolute Gasteiger partial charge is 0.184 e. The maximum absolute atomic E-state index is 16.1. The normalized spacial score (nSPS) is 14.6. The van der Waals surface area contributed by atoms with Gasteiger partial charge in [-0.2, -0.15) is 5.10 Å². The van der Waals surface area contributed by atoms with E-state index in [9.17, 15) is 0 Å². The number of fused-ring (bicyclic) bond motifs is 2. The van der Waals surface area contributed by atoms with E-state index in [1.807, 2.05) is 36.0 Å². The zero-order valence-electron chi connectivity index (χ0n) is 20.8. The van der Waals surface area contributed by atoms with Crippen LogP contribution >= 0.6 is 0 Å². The van der Waals surface area contributed by atoms with Gasteiger partial charge in [0.1, 0.15) is 23.4 Å². The lowest BCUT2D eigenvalue weighted by Gasteiger charge is -2.26. The van der Waals surface area contributed by atoms with Gasteiger partial charge in [0.15, 0.2) is 17.3 Å². The summed E-state index contributed by atoms with van der Waals surface area (Å²) < 4.78 is 17.9. The summed E-state index contributed by atoms with van der Waals surface area (Å²) >= 11 is 0. The third-order valence-corrected chi connectivity index (χ3v) is 7.05. The van der Waals surface area contributed by atoms with Crippen LogP contribution in [0.2, 0.25) is 0 Å². The summed E-state index contributed by atoms with van der Waals surface area (Å²) in [5.74, 6) is 0.661. The molecule has 0 unspecified atom stereocenters. The van der Waals surface area contributed by atoms with Gasteiger partial charge < -0.3 is 4.98 Å². The Hall–Kier alpha value is -4.51. The number of aryl methyl sites for hydroxylation is 1. The minimum absolute atomic E-state index is 0.274. The maximum Gasteiger partial charge on any atom is 0.184 e. The van der Waals surface area contributed by atoms with Crippen LogP contribution in [0.25, 0.3) is 50.5 Å². The molecule has 10 nitrogen and oxygen atoms in total. The third-order valence-electron chi connectivity index (χ3n) is 7.05. The first-order valence-corrected chi connectivity index (χ1v) is 12.7. The average molecular weight is 509 g/mol. The highest BCUT2D eigenvalue weighted by Gasteiger charge is 2.21. The molecule has 0 aromatic carbocycles. The van der Waals surface area contributed by atoms with Gasteiger partial charge in [-0.15, -0.1) is 0 Å². The molecule has 1 saturated heterocycles. The molecule has 2 N–H and O–H groups in total. The highest BCUT2D eigenvalue weighted by Crippen LogP contribution is 2.33. The van der Waals surface area contributed by atoms with Gasteiger partial charge in [0.05, 0.1) is 16.6 Å². The molecule has 7 heterocycles. The van der Waals surface area contributed by atoms with E-state index in [0.717, 1.165) is 36.4 Å². The summed E-state index contributed by atoms with van der Waals surface area (Å²) in [5, 5.41) is 7.46. The standard InChI is InChI=1S/C27H25FN10/c1-16-13-38(15-32-16)27-23-20(5-6-30-27)33-26(34-23)24-21-22(28)19(12-31-25(21)36-35-24)18-9-17(10-29-11-18)14-37-7-3-2-4-8-37/h5-6,9-13,15H,2-4,7-8,14H2,1H3,(H,33,34)(H,31,35,36). The van der Waals surface area contributed by atoms with Gasteiger partial charge >= 0.3 is 0 Å². The van der Waals surface area contributed by atoms with Crippen molar-refractivity contribution in [3.63, 3.8) is 0 Å². The van der Waals surface area contributed by atoms with Crippen molar-refractivity contribution in [3.05, 3.63) is 66.5 Å². The van der Waals surface area contributed by atoms with Gasteiger partial charge in [-0.1, -0.05) is 6.42 Å². The third kappa shape index (κ3) is 3.91. The van der Waals surface area contributed by atoms with Crippen molar-refractivity contribution in [3.8, 4) is 28.5 Å². The highest BCUT2D eigenvalue weighted by molar-refractivity contribution is 5.95. The van der Waals surface area contributed by atoms with Gasteiger partial charge in [0, 0.05) is 48.7 Å². The molecule has 0 amide bonds. The molecule has 0 spiro atoms. The Morgan fingerprint density at radius 2 is 1.95 bits per heavy atom. The lowest BCUT2D eigenvalue weighted by molar-refractivity contribution is 0.220. The van der Waals surface area contributed by atoms with Crippen LogP contribution in [0.15, 0.2) is 49.4 Å². The predicted molar refractivity (Wildman–Crippen MR) is 141 cm³/mol. The van der Waals surface area contributed by atoms with Crippen LogP contribution in [-0.4, -0.2) is 62.7 Å². The van der Waals surface area contributed by atoms with Crippen LogP contribution in [0.5, 0.6) is 0 Å². The second-order valence-corrected chi connectivity index (χ2v) is 9.74. The number of rotatable bonds is 5. The van der Waals surface area contributed by atoms with Gasteiger partial charge in [-0.05, 0) is 50.6 Å². The molecule has 0 aliphatic carbocycles. The molecule has 1 aliphatic rings. The molecule has 190 valence electrons. The van der Waals surface area contributed by atoms with Crippen LogP contribution in [-0.2, 0) is 6.54 Å². The topological polar surface area (TPSA) is 117 Å². The van der Waals surface area contributed by atoms with Crippen LogP contribution in [0.3, 0.4) is 0 Å². The Labute approximate surface area is 217 Å². The quantitative estimate of drug-likeness (QED) is 0.350. The molecule has 0 radical (unpaired) electrons. The number of nitrogens with zero attached hydrogens (tertiary/aromatic N) is 8. The van der Waals surface area contributed by atoms with Crippen LogP contribution in [0.4, 0.5) is 4.39 Å². The number of aromatic nitrogens is 9. The first kappa shape index (κ1) is 22.7. The summed E-state index contributed by atoms with van der Waals surface area (Å²) in [7, 11) is 0. The van der Waals surface area contributed by atoms with Crippen molar-refractivity contribution in [2.24, 2.45) is 0 Å². The Balaban J connectivity index is 1.29. The van der Waals surface area contributed by atoms with Crippen molar-refractivity contribution in [1.29, 1.82) is 0 Å². The molecular weight excluding hydrogens is 483 g/mol. The first-order valence-electron chi connectivity index (χ1n) is 12.7. The van der Waals surface area contributed by atoms with Crippen molar-refractivity contribution < 1.29 is 4.39 Å². The molecule has 1 fully saturated rings. The molecule has 0 bridgehead atoms. The SMILES string of the molecule is Cc1cn(-c2nccc3[nH]c(-c4[nH]nc5ncc(-c6cncc(CN7CCCCC7)c6)c(F)c45)nc23)cn1. The summed E-state index contributed by atoms with van der Waals surface area (Å²) in [6.45, 7) is 4.88. The summed E-state index contributed by atoms with van der Waals surface area (Å²) in [6, 6.07) is 3.83. The van der Waals surface area contributed by atoms with E-state index >= 15 is 4.39 Å². The Morgan fingerprint density at radius 3 is 2.79 bits per heavy atom. The highest BCUT2D eigenvalue weighted by atomic mass is 19.1. The Bertz CT molecular complexity index is 1780. The second kappa shape index (κ2) is 9.10. The Morgan fingerprint density at radius 1 is 1.05 bits per heavy atom. The molecule has 0 saturated carbocycles. The van der Waals surface area contributed by atoms with E-state index in [1.165, 1.54) is 25.5 Å². The lowest BCUT2D eigenvalue weighted by atomic mass is 10.0.